The number of rotatable bonds is 5. The summed E-state index contributed by atoms with van der Waals surface area (Å²) in [4.78, 5) is 4.24. The number of aliphatic imine (C=N–C) groups is 1. The van der Waals surface area contributed by atoms with Crippen molar-refractivity contribution in [2.24, 2.45) is 10.9 Å². The number of hydrogen-bond acceptors (Lipinski definition) is 4. The van der Waals surface area contributed by atoms with Crippen molar-refractivity contribution in [2.75, 3.05) is 32.9 Å². The Balaban J connectivity index is 1.77. The maximum absolute atomic E-state index is 12.6. The van der Waals surface area contributed by atoms with Gasteiger partial charge in [-0.25, -0.2) is 8.42 Å². The second-order valence-electron chi connectivity index (χ2n) is 7.11. The van der Waals surface area contributed by atoms with Crippen LogP contribution in [-0.4, -0.2) is 68.4 Å². The molecule has 0 bridgehead atoms. The molecule has 6 nitrogen and oxygen atoms in total. The van der Waals surface area contributed by atoms with E-state index in [1.54, 1.807) is 7.05 Å². The third-order valence-electron chi connectivity index (χ3n) is 5.29. The highest BCUT2D eigenvalue weighted by molar-refractivity contribution is 7.99. The van der Waals surface area contributed by atoms with Crippen LogP contribution in [0.2, 0.25) is 0 Å². The van der Waals surface area contributed by atoms with Crippen molar-refractivity contribution in [3.8, 4) is 0 Å². The van der Waals surface area contributed by atoms with E-state index in [0.29, 0.717) is 40.9 Å². The maximum Gasteiger partial charge on any atom is 0.511 e. The normalized spacial score (nSPS) is 26.8. The number of guanidine groups is 1. The van der Waals surface area contributed by atoms with E-state index in [1.165, 1.54) is 12.8 Å². The molecule has 2 rings (SSSR count). The van der Waals surface area contributed by atoms with Crippen molar-refractivity contribution < 1.29 is 21.6 Å². The van der Waals surface area contributed by atoms with E-state index in [2.05, 4.69) is 21.9 Å². The number of alkyl halides is 3. The van der Waals surface area contributed by atoms with Crippen LogP contribution in [0.25, 0.3) is 0 Å². The predicted molar refractivity (Wildman–Crippen MR) is 103 cm³/mol. The summed E-state index contributed by atoms with van der Waals surface area (Å²) in [5.74, 6) is 0.820. The molecule has 158 valence electrons. The Labute approximate surface area is 163 Å². The lowest BCUT2D eigenvalue weighted by Gasteiger charge is -2.33. The molecule has 0 aromatic carbocycles. The molecule has 2 fully saturated rings. The van der Waals surface area contributed by atoms with Crippen molar-refractivity contribution in [3.05, 3.63) is 0 Å². The average Bonchev–Trinajstić information content (AvgIpc) is 2.64. The zero-order chi connectivity index (χ0) is 20.1. The molecule has 2 unspecified atom stereocenters. The Morgan fingerprint density at radius 3 is 2.44 bits per heavy atom. The van der Waals surface area contributed by atoms with Crippen LogP contribution in [0.15, 0.2) is 4.99 Å². The number of nitrogens with zero attached hydrogens (tertiary/aromatic N) is 2. The number of sulfonamides is 1. The zero-order valence-corrected chi connectivity index (χ0v) is 17.4. The minimum atomic E-state index is -5.22. The summed E-state index contributed by atoms with van der Waals surface area (Å²) >= 11 is 1.89. The van der Waals surface area contributed by atoms with E-state index >= 15 is 0 Å². The summed E-state index contributed by atoms with van der Waals surface area (Å²) in [6, 6.07) is 0.376. The quantitative estimate of drug-likeness (QED) is 0.518. The molecule has 2 aliphatic rings. The van der Waals surface area contributed by atoms with Crippen LogP contribution in [0.1, 0.15) is 38.5 Å². The fraction of sp³-hybridized carbons (Fsp3) is 0.938. The average molecular weight is 431 g/mol. The lowest BCUT2D eigenvalue weighted by molar-refractivity contribution is -0.0496. The van der Waals surface area contributed by atoms with Crippen molar-refractivity contribution in [3.63, 3.8) is 0 Å². The topological polar surface area (TPSA) is 73.8 Å². The van der Waals surface area contributed by atoms with Crippen LogP contribution in [-0.2, 0) is 10.0 Å². The van der Waals surface area contributed by atoms with Gasteiger partial charge >= 0.3 is 15.5 Å². The predicted octanol–water partition coefficient (Wildman–Crippen LogP) is 2.39. The van der Waals surface area contributed by atoms with Gasteiger partial charge in [0, 0.05) is 38.0 Å². The fourth-order valence-electron chi connectivity index (χ4n) is 3.62. The van der Waals surface area contributed by atoms with Gasteiger partial charge in [-0.1, -0.05) is 6.42 Å². The summed E-state index contributed by atoms with van der Waals surface area (Å²) in [6.07, 6.45) is 7.55. The minimum Gasteiger partial charge on any atom is -0.356 e. The van der Waals surface area contributed by atoms with E-state index in [1.807, 2.05) is 11.8 Å². The van der Waals surface area contributed by atoms with Crippen LogP contribution in [0.5, 0.6) is 0 Å². The van der Waals surface area contributed by atoms with Crippen molar-refractivity contribution in [2.45, 2.75) is 55.3 Å². The van der Waals surface area contributed by atoms with Gasteiger partial charge in [0.05, 0.1) is 0 Å². The molecule has 0 aromatic heterocycles. The standard InChI is InChI=1S/C16H29F3N4O2S2/c1-20-15(22-13-4-3-5-14(10-13)26-2)21-11-12-6-8-23(9-7-12)27(24,25)16(17,18)19/h12-14H,3-11H2,1-2H3,(H2,20,21,22). The maximum atomic E-state index is 12.6. The molecule has 1 saturated carbocycles. The first-order valence-electron chi connectivity index (χ1n) is 9.23. The largest absolute Gasteiger partial charge is 0.511 e. The van der Waals surface area contributed by atoms with Gasteiger partial charge in [0.15, 0.2) is 5.96 Å². The zero-order valence-electron chi connectivity index (χ0n) is 15.8. The molecule has 1 aliphatic carbocycles. The molecule has 1 saturated heterocycles. The summed E-state index contributed by atoms with van der Waals surface area (Å²) < 4.78 is 61.3. The van der Waals surface area contributed by atoms with Crippen molar-refractivity contribution in [1.29, 1.82) is 0 Å². The molecular formula is C16H29F3N4O2S2. The van der Waals surface area contributed by atoms with E-state index < -0.39 is 15.5 Å². The van der Waals surface area contributed by atoms with Crippen LogP contribution in [0.4, 0.5) is 13.2 Å². The highest BCUT2D eigenvalue weighted by Crippen LogP contribution is 2.30. The lowest BCUT2D eigenvalue weighted by atomic mass is 9.95. The number of thioether (sulfide) groups is 1. The van der Waals surface area contributed by atoms with Gasteiger partial charge in [0.1, 0.15) is 0 Å². The van der Waals surface area contributed by atoms with Gasteiger partial charge in [-0.15, -0.1) is 0 Å². The van der Waals surface area contributed by atoms with E-state index in [4.69, 9.17) is 0 Å². The summed E-state index contributed by atoms with van der Waals surface area (Å²) in [5.41, 5.74) is -5.22. The minimum absolute atomic E-state index is 0.0990. The second-order valence-corrected chi connectivity index (χ2v) is 10.2. The first-order valence-corrected chi connectivity index (χ1v) is 12.0. The SMILES string of the molecule is CN=C(NCC1CCN(S(=O)(=O)C(F)(F)F)CC1)NC1CCCC(SC)C1. The first-order chi connectivity index (χ1) is 12.7. The third-order valence-corrected chi connectivity index (χ3v) is 8.01. The Bertz CT molecular complexity index is 605. The van der Waals surface area contributed by atoms with Gasteiger partial charge in [0.25, 0.3) is 0 Å². The van der Waals surface area contributed by atoms with Gasteiger partial charge in [-0.3, -0.25) is 4.99 Å². The van der Waals surface area contributed by atoms with E-state index in [0.717, 1.165) is 12.8 Å². The van der Waals surface area contributed by atoms with Crippen LogP contribution >= 0.6 is 11.8 Å². The Morgan fingerprint density at radius 2 is 1.89 bits per heavy atom. The smallest absolute Gasteiger partial charge is 0.356 e. The number of hydrogen-bond donors (Lipinski definition) is 2. The molecule has 1 heterocycles. The highest BCUT2D eigenvalue weighted by atomic mass is 32.2. The second kappa shape index (κ2) is 9.69. The molecule has 0 aromatic rings. The first kappa shape index (κ1) is 22.6. The van der Waals surface area contributed by atoms with Crippen LogP contribution in [0, 0.1) is 5.92 Å². The van der Waals surface area contributed by atoms with E-state index in [-0.39, 0.29) is 19.0 Å². The van der Waals surface area contributed by atoms with Gasteiger partial charge < -0.3 is 10.6 Å². The lowest BCUT2D eigenvalue weighted by Crippen LogP contribution is -2.49. The highest BCUT2D eigenvalue weighted by Gasteiger charge is 2.50. The molecule has 0 radical (unpaired) electrons. The molecule has 1 aliphatic heterocycles. The molecule has 0 spiro atoms. The molecule has 2 atom stereocenters. The fourth-order valence-corrected chi connectivity index (χ4v) is 5.43. The van der Waals surface area contributed by atoms with Crippen molar-refractivity contribution in [1.82, 2.24) is 14.9 Å². The Kier molecular flexibility index (Phi) is 8.11. The third kappa shape index (κ3) is 6.15. The van der Waals surface area contributed by atoms with E-state index in [9.17, 15) is 21.6 Å². The summed E-state index contributed by atoms with van der Waals surface area (Å²) in [5, 5.41) is 7.34. The summed E-state index contributed by atoms with van der Waals surface area (Å²) in [7, 11) is -3.51. The Hall–Kier alpha value is -0.680. The monoisotopic (exact) mass is 430 g/mol. The summed E-state index contributed by atoms with van der Waals surface area (Å²) in [6.45, 7) is 0.370. The van der Waals surface area contributed by atoms with Gasteiger partial charge in [-0.2, -0.15) is 29.2 Å². The van der Waals surface area contributed by atoms with Gasteiger partial charge in [0.2, 0.25) is 0 Å². The number of nitrogens with one attached hydrogen (secondary N) is 2. The number of piperidine rings is 1. The molecular weight excluding hydrogens is 401 g/mol. The Morgan fingerprint density at radius 1 is 1.22 bits per heavy atom. The number of halogens is 3. The van der Waals surface area contributed by atoms with Crippen molar-refractivity contribution >= 4 is 27.7 Å². The molecule has 27 heavy (non-hydrogen) atoms. The van der Waals surface area contributed by atoms with Crippen LogP contribution in [0.3, 0.4) is 0 Å². The molecule has 11 heteroatoms. The van der Waals surface area contributed by atoms with Gasteiger partial charge in [-0.05, 0) is 44.3 Å². The molecule has 0 amide bonds. The van der Waals surface area contributed by atoms with Crippen LogP contribution < -0.4 is 10.6 Å². The molecule has 2 N–H and O–H groups in total.